The number of nitrogens with zero attached hydrogens (tertiary/aromatic N) is 2. The highest BCUT2D eigenvalue weighted by atomic mass is 16.7. The Balaban J connectivity index is 1.53. The average Bonchev–Trinajstić information content (AvgIpc) is 3.33. The van der Waals surface area contributed by atoms with Gasteiger partial charge in [0.25, 0.3) is 5.91 Å². The summed E-state index contributed by atoms with van der Waals surface area (Å²) in [4.78, 5) is 59.6. The number of primary amides is 1. The summed E-state index contributed by atoms with van der Waals surface area (Å²) in [6.45, 7) is 4.89. The number of nitrogens with one attached hydrogen (secondary N) is 1. The Hall–Kier alpha value is -3.78. The summed E-state index contributed by atoms with van der Waals surface area (Å²) in [6.07, 6.45) is 0.593. The van der Waals surface area contributed by atoms with E-state index >= 15 is 0 Å². The van der Waals surface area contributed by atoms with E-state index in [2.05, 4.69) is 5.32 Å². The van der Waals surface area contributed by atoms with Gasteiger partial charge in [0.15, 0.2) is 17.1 Å². The minimum Gasteiger partial charge on any atom is -0.510 e. The van der Waals surface area contributed by atoms with Crippen molar-refractivity contribution in [3.8, 4) is 5.75 Å². The normalized spacial score (nSPS) is 30.2. The standard InChI is InChI=1S/C29H36N4O9/c1-5-17(33-10-12(2)11-42-33)28(40)31-16-7-6-13-8-14-9-15-21(32(3)4)24(36)20(27(30)39)26(38)29(15,41)25(37)19(14)23(35)18(13)22(16)34/h6-7,12,14-15,17,21,34,36-37,41H,5,8-11H2,1-4H3,(H2,30,39)(H,31,40)/t12?,14?,15?,17?,21-,29-/m0/s1. The molecule has 0 spiro atoms. The van der Waals surface area contributed by atoms with Gasteiger partial charge >= 0.3 is 0 Å². The summed E-state index contributed by atoms with van der Waals surface area (Å²) < 4.78 is 0. The van der Waals surface area contributed by atoms with E-state index in [4.69, 9.17) is 10.6 Å². The highest BCUT2D eigenvalue weighted by Gasteiger charge is 2.63. The van der Waals surface area contributed by atoms with Crippen LogP contribution < -0.4 is 11.1 Å². The summed E-state index contributed by atoms with van der Waals surface area (Å²) in [7, 11) is 3.14. The Morgan fingerprint density at radius 2 is 1.93 bits per heavy atom. The molecule has 13 nitrogen and oxygen atoms in total. The number of aliphatic hydroxyl groups excluding tert-OH is 2. The number of amides is 2. The predicted molar refractivity (Wildman–Crippen MR) is 148 cm³/mol. The number of phenolic OH excluding ortho intramolecular Hbond substituents is 1. The van der Waals surface area contributed by atoms with Gasteiger partial charge in [-0.25, -0.2) is 0 Å². The maximum absolute atomic E-state index is 13.9. The van der Waals surface area contributed by atoms with E-state index in [1.54, 1.807) is 25.2 Å². The van der Waals surface area contributed by atoms with Crippen LogP contribution in [0.1, 0.15) is 42.6 Å². The molecule has 6 atom stereocenters. The fourth-order valence-corrected chi connectivity index (χ4v) is 6.91. The van der Waals surface area contributed by atoms with Gasteiger partial charge in [-0.3, -0.25) is 28.9 Å². The number of carbonyl (C=O) groups is 4. The maximum Gasteiger partial charge on any atom is 0.255 e. The quantitative estimate of drug-likeness (QED) is 0.203. The van der Waals surface area contributed by atoms with E-state index < -0.39 is 75.7 Å². The molecule has 1 aromatic rings. The molecular weight excluding hydrogens is 548 g/mol. The Labute approximate surface area is 242 Å². The van der Waals surface area contributed by atoms with Crippen LogP contribution in [0, 0.1) is 17.8 Å². The number of phenols is 1. The number of aliphatic hydroxyl groups is 3. The van der Waals surface area contributed by atoms with Gasteiger partial charge in [0, 0.05) is 18.0 Å². The van der Waals surface area contributed by atoms with E-state index in [-0.39, 0.29) is 35.6 Å². The molecule has 226 valence electrons. The Morgan fingerprint density at radius 1 is 1.24 bits per heavy atom. The van der Waals surface area contributed by atoms with Crippen LogP contribution in [0.25, 0.3) is 0 Å². The van der Waals surface area contributed by atoms with Crippen LogP contribution in [0.2, 0.25) is 0 Å². The molecular formula is C29H36N4O9. The molecule has 2 amide bonds. The summed E-state index contributed by atoms with van der Waals surface area (Å²) in [5.41, 5.74) is 1.78. The maximum atomic E-state index is 13.9. The van der Waals surface area contributed by atoms with E-state index in [1.165, 1.54) is 11.0 Å². The van der Waals surface area contributed by atoms with Crippen LogP contribution in [0.3, 0.4) is 0 Å². The molecule has 0 bridgehead atoms. The molecule has 1 aliphatic heterocycles. The molecule has 42 heavy (non-hydrogen) atoms. The summed E-state index contributed by atoms with van der Waals surface area (Å²) >= 11 is 0. The number of nitrogens with two attached hydrogens (primary N) is 1. The number of likely N-dealkylation sites (N-methyl/N-ethyl adjacent to an activating group) is 1. The smallest absolute Gasteiger partial charge is 0.255 e. The number of Topliss-reactive ketones (excluding diaryl/α,β-unsaturated/α-hetero) is 2. The highest BCUT2D eigenvalue weighted by molar-refractivity contribution is 6.25. The first kappa shape index (κ1) is 29.7. The van der Waals surface area contributed by atoms with Gasteiger partial charge in [-0.15, -0.1) is 0 Å². The number of fused-ring (bicyclic) bond motifs is 3. The average molecular weight is 585 g/mol. The van der Waals surface area contributed by atoms with E-state index in [0.717, 1.165) is 0 Å². The van der Waals surface area contributed by atoms with Crippen molar-refractivity contribution in [3.05, 3.63) is 45.9 Å². The lowest BCUT2D eigenvalue weighted by Gasteiger charge is -2.50. The van der Waals surface area contributed by atoms with Crippen molar-refractivity contribution < 1.29 is 44.4 Å². The third-order valence-corrected chi connectivity index (χ3v) is 8.91. The van der Waals surface area contributed by atoms with Gasteiger partial charge < -0.3 is 31.5 Å². The highest BCUT2D eigenvalue weighted by Crippen LogP contribution is 2.52. The second-order valence-corrected chi connectivity index (χ2v) is 11.9. The number of rotatable bonds is 6. The van der Waals surface area contributed by atoms with Crippen molar-refractivity contribution in [2.45, 2.75) is 50.8 Å². The zero-order valence-corrected chi connectivity index (χ0v) is 23.9. The minimum absolute atomic E-state index is 0.00253. The fourth-order valence-electron chi connectivity index (χ4n) is 6.91. The first-order valence-electron chi connectivity index (χ1n) is 13.9. The van der Waals surface area contributed by atoms with Gasteiger partial charge in [0.1, 0.15) is 23.1 Å². The van der Waals surface area contributed by atoms with Crippen molar-refractivity contribution in [2.75, 3.05) is 32.6 Å². The van der Waals surface area contributed by atoms with Crippen molar-refractivity contribution in [1.29, 1.82) is 0 Å². The van der Waals surface area contributed by atoms with Crippen LogP contribution in [0.4, 0.5) is 5.69 Å². The van der Waals surface area contributed by atoms with Crippen molar-refractivity contribution >= 4 is 29.1 Å². The third-order valence-electron chi connectivity index (χ3n) is 8.91. The molecule has 1 saturated heterocycles. The SMILES string of the molecule is CCC(C(=O)Nc1ccc2c(c1O)C(=O)C1=C(O)[C@]3(O)C(=O)C(C(N)=O)=C(O)[C@@H](N(C)C)C3CC1C2)N1CC(C)CO1. The van der Waals surface area contributed by atoms with E-state index in [1.807, 2.05) is 13.8 Å². The topological polar surface area (TPSA) is 203 Å². The fraction of sp³-hybridized carbons (Fsp3) is 0.517. The number of benzene rings is 1. The number of allylic oxidation sites excluding steroid dienone is 1. The first-order chi connectivity index (χ1) is 19.7. The number of hydroxylamine groups is 2. The summed E-state index contributed by atoms with van der Waals surface area (Å²) in [5.74, 6) is -7.44. The zero-order valence-electron chi connectivity index (χ0n) is 23.9. The molecule has 1 fully saturated rings. The molecule has 4 unspecified atom stereocenters. The number of ketones is 2. The van der Waals surface area contributed by atoms with Crippen LogP contribution in [-0.4, -0.2) is 98.7 Å². The molecule has 4 aliphatic rings. The number of hydrogen-bond donors (Lipinski definition) is 6. The molecule has 0 saturated carbocycles. The second-order valence-electron chi connectivity index (χ2n) is 11.9. The monoisotopic (exact) mass is 584 g/mol. The Kier molecular flexibility index (Phi) is 7.42. The lowest BCUT2D eigenvalue weighted by molar-refractivity contribution is -0.157. The zero-order chi connectivity index (χ0) is 30.8. The van der Waals surface area contributed by atoms with Crippen molar-refractivity contribution in [1.82, 2.24) is 9.96 Å². The van der Waals surface area contributed by atoms with E-state index in [0.29, 0.717) is 25.1 Å². The molecule has 3 aliphatic carbocycles. The summed E-state index contributed by atoms with van der Waals surface area (Å²) in [6, 6.07) is 1.40. The number of hydrogen-bond acceptors (Lipinski definition) is 11. The Morgan fingerprint density at radius 3 is 2.50 bits per heavy atom. The predicted octanol–water partition coefficient (Wildman–Crippen LogP) is 0.721. The number of anilines is 1. The van der Waals surface area contributed by atoms with Crippen molar-refractivity contribution in [2.24, 2.45) is 23.5 Å². The first-order valence-corrected chi connectivity index (χ1v) is 13.9. The molecule has 0 aromatic heterocycles. The molecule has 1 heterocycles. The van der Waals surface area contributed by atoms with Crippen LogP contribution >= 0.6 is 0 Å². The van der Waals surface area contributed by atoms with Crippen LogP contribution in [-0.2, 0) is 25.6 Å². The number of aromatic hydroxyl groups is 1. The second kappa shape index (κ2) is 10.5. The molecule has 7 N–H and O–H groups in total. The minimum atomic E-state index is -2.72. The van der Waals surface area contributed by atoms with Gasteiger partial charge in [0.2, 0.25) is 11.7 Å². The molecule has 13 heteroatoms. The molecule has 0 radical (unpaired) electrons. The number of carbonyl (C=O) groups excluding carboxylic acids is 4. The van der Waals surface area contributed by atoms with Gasteiger partial charge in [-0.2, -0.15) is 5.06 Å². The Bertz CT molecular complexity index is 1450. The summed E-state index contributed by atoms with van der Waals surface area (Å²) in [5, 5.41) is 49.4. The van der Waals surface area contributed by atoms with Crippen LogP contribution in [0.5, 0.6) is 5.75 Å². The third kappa shape index (κ3) is 4.30. The van der Waals surface area contributed by atoms with E-state index in [9.17, 15) is 39.6 Å². The molecule has 5 rings (SSSR count). The van der Waals surface area contributed by atoms with Crippen LogP contribution in [0.15, 0.2) is 34.8 Å². The lowest BCUT2D eigenvalue weighted by Crippen LogP contribution is -2.63. The molecule has 1 aromatic carbocycles. The van der Waals surface area contributed by atoms with Gasteiger partial charge in [0.05, 0.1) is 23.9 Å². The van der Waals surface area contributed by atoms with Gasteiger partial charge in [-0.1, -0.05) is 19.9 Å². The largest absolute Gasteiger partial charge is 0.510 e. The van der Waals surface area contributed by atoms with Gasteiger partial charge in [-0.05, 0) is 56.8 Å². The lowest BCUT2D eigenvalue weighted by atomic mass is 9.58. The van der Waals surface area contributed by atoms with Crippen molar-refractivity contribution in [3.63, 3.8) is 0 Å².